The van der Waals surface area contributed by atoms with Gasteiger partial charge in [-0.3, -0.25) is 14.4 Å². The molecule has 0 bridgehead atoms. The van der Waals surface area contributed by atoms with Gasteiger partial charge < -0.3 is 14.6 Å². The fraction of sp³-hybridized carbons (Fsp3) is 0.571. The Kier molecular flexibility index (Phi) is 10.8. The van der Waals surface area contributed by atoms with Crippen molar-refractivity contribution in [2.45, 2.75) is 58.3 Å². The van der Waals surface area contributed by atoms with Crippen LogP contribution in [-0.4, -0.2) is 36.2 Å². The fourth-order valence-electron chi connectivity index (χ4n) is 2.89. The second kappa shape index (κ2) is 12.9. The van der Waals surface area contributed by atoms with Crippen LogP contribution in [0.2, 0.25) is 0 Å². The second-order valence-electron chi connectivity index (χ2n) is 6.58. The molecule has 0 aromatic heterocycles. The van der Waals surface area contributed by atoms with Gasteiger partial charge in [-0.15, -0.1) is 0 Å². The van der Waals surface area contributed by atoms with Gasteiger partial charge in [0.2, 0.25) is 0 Å². The van der Waals surface area contributed by atoms with Gasteiger partial charge in [-0.05, 0) is 30.7 Å². The molecule has 1 aromatic carbocycles. The number of carboxylic acids is 1. The lowest BCUT2D eigenvalue weighted by molar-refractivity contribution is -0.150. The number of carboxylic acid groups (broad SMARTS) is 1. The monoisotopic (exact) mass is 378 g/mol. The number of hydrogen-bond donors (Lipinski definition) is 1. The van der Waals surface area contributed by atoms with E-state index in [0.717, 1.165) is 5.56 Å². The Bertz CT molecular complexity index is 562. The van der Waals surface area contributed by atoms with Crippen LogP contribution < -0.4 is 0 Å². The number of carbonyl (C=O) groups excluding carboxylic acids is 2. The number of hydrogen-bond acceptors (Lipinski definition) is 5. The van der Waals surface area contributed by atoms with Crippen LogP contribution in [0.25, 0.3) is 0 Å². The Labute approximate surface area is 160 Å². The smallest absolute Gasteiger partial charge is 0.305 e. The molecule has 0 heterocycles. The maximum absolute atomic E-state index is 11.8. The number of benzene rings is 1. The molecule has 1 rings (SSSR count). The Morgan fingerprint density at radius 2 is 1.41 bits per heavy atom. The maximum Gasteiger partial charge on any atom is 0.305 e. The quantitative estimate of drug-likeness (QED) is 0.523. The molecule has 27 heavy (non-hydrogen) atoms. The van der Waals surface area contributed by atoms with Gasteiger partial charge in [0.15, 0.2) is 0 Å². The van der Waals surface area contributed by atoms with Crippen molar-refractivity contribution >= 4 is 17.9 Å². The number of ether oxygens (including phenoxy) is 2. The molecule has 0 saturated carbocycles. The topological polar surface area (TPSA) is 89.9 Å². The highest BCUT2D eigenvalue weighted by molar-refractivity contribution is 5.69. The number of esters is 2. The first-order chi connectivity index (χ1) is 13.0. The summed E-state index contributed by atoms with van der Waals surface area (Å²) < 4.78 is 10.7. The van der Waals surface area contributed by atoms with E-state index in [4.69, 9.17) is 14.6 Å². The van der Waals surface area contributed by atoms with Crippen molar-refractivity contribution in [3.8, 4) is 0 Å². The molecule has 0 aliphatic rings. The van der Waals surface area contributed by atoms with Gasteiger partial charge in [0.1, 0.15) is 0 Å². The lowest BCUT2D eigenvalue weighted by Crippen LogP contribution is -2.27. The summed E-state index contributed by atoms with van der Waals surface area (Å²) in [6.07, 6.45) is 2.40. The van der Waals surface area contributed by atoms with Crippen LogP contribution >= 0.6 is 0 Å². The van der Waals surface area contributed by atoms with E-state index in [1.807, 2.05) is 44.2 Å². The van der Waals surface area contributed by atoms with Crippen molar-refractivity contribution in [3.05, 3.63) is 35.9 Å². The summed E-state index contributed by atoms with van der Waals surface area (Å²) >= 11 is 0. The molecule has 6 nitrogen and oxygen atoms in total. The van der Waals surface area contributed by atoms with Crippen LogP contribution in [0.3, 0.4) is 0 Å². The SMILES string of the molecule is CCCC(=O)OCC(COC(=O)CCC)C(CCC(=O)O)c1ccccc1. The molecule has 0 aliphatic carbocycles. The molecule has 0 aliphatic heterocycles. The molecule has 1 unspecified atom stereocenters. The van der Waals surface area contributed by atoms with Crippen LogP contribution in [0.5, 0.6) is 0 Å². The molecule has 0 radical (unpaired) electrons. The van der Waals surface area contributed by atoms with Crippen molar-refractivity contribution < 1.29 is 29.0 Å². The van der Waals surface area contributed by atoms with Crippen LogP contribution in [0, 0.1) is 5.92 Å². The minimum absolute atomic E-state index is 0.0120. The van der Waals surface area contributed by atoms with Crippen LogP contribution in [-0.2, 0) is 23.9 Å². The average Bonchev–Trinajstić information content (AvgIpc) is 2.64. The predicted molar refractivity (Wildman–Crippen MR) is 101 cm³/mol. The van der Waals surface area contributed by atoms with E-state index < -0.39 is 5.97 Å². The lowest BCUT2D eigenvalue weighted by Gasteiger charge is -2.27. The number of aliphatic carboxylic acids is 1. The third-order valence-electron chi connectivity index (χ3n) is 4.29. The molecule has 0 spiro atoms. The van der Waals surface area contributed by atoms with E-state index in [1.54, 1.807) is 0 Å². The molecule has 0 saturated heterocycles. The van der Waals surface area contributed by atoms with Gasteiger partial charge in [-0.2, -0.15) is 0 Å². The van der Waals surface area contributed by atoms with Gasteiger partial charge in [0.25, 0.3) is 0 Å². The Hall–Kier alpha value is -2.37. The summed E-state index contributed by atoms with van der Waals surface area (Å²) in [5.74, 6) is -1.97. The first kappa shape index (κ1) is 22.7. The molecule has 6 heteroatoms. The second-order valence-corrected chi connectivity index (χ2v) is 6.58. The maximum atomic E-state index is 11.8. The zero-order chi connectivity index (χ0) is 20.1. The molecule has 150 valence electrons. The van der Waals surface area contributed by atoms with E-state index in [0.29, 0.717) is 32.1 Å². The zero-order valence-corrected chi connectivity index (χ0v) is 16.2. The largest absolute Gasteiger partial charge is 0.481 e. The third kappa shape index (κ3) is 9.22. The van der Waals surface area contributed by atoms with E-state index >= 15 is 0 Å². The summed E-state index contributed by atoms with van der Waals surface area (Å²) in [5, 5.41) is 9.10. The Morgan fingerprint density at radius 3 is 1.85 bits per heavy atom. The van der Waals surface area contributed by atoms with E-state index in [1.165, 1.54) is 0 Å². The number of rotatable bonds is 13. The summed E-state index contributed by atoms with van der Waals surface area (Å²) in [4.78, 5) is 34.7. The third-order valence-corrected chi connectivity index (χ3v) is 4.29. The molecule has 0 amide bonds. The molecular formula is C21H30O6. The molecule has 1 atom stereocenters. The van der Waals surface area contributed by atoms with E-state index in [9.17, 15) is 14.4 Å². The van der Waals surface area contributed by atoms with Crippen molar-refractivity contribution in [3.63, 3.8) is 0 Å². The van der Waals surface area contributed by atoms with Crippen molar-refractivity contribution in [1.82, 2.24) is 0 Å². The summed E-state index contributed by atoms with van der Waals surface area (Å²) in [6, 6.07) is 9.48. The minimum Gasteiger partial charge on any atom is -0.481 e. The molecule has 1 aromatic rings. The van der Waals surface area contributed by atoms with Crippen LogP contribution in [0.15, 0.2) is 30.3 Å². The highest BCUT2D eigenvalue weighted by atomic mass is 16.5. The van der Waals surface area contributed by atoms with E-state index in [2.05, 4.69) is 0 Å². The predicted octanol–water partition coefficient (Wildman–Crippen LogP) is 3.94. The van der Waals surface area contributed by atoms with Gasteiger partial charge in [0, 0.05) is 25.2 Å². The Morgan fingerprint density at radius 1 is 0.889 bits per heavy atom. The van der Waals surface area contributed by atoms with Gasteiger partial charge in [-0.25, -0.2) is 0 Å². The molecular weight excluding hydrogens is 348 g/mol. The zero-order valence-electron chi connectivity index (χ0n) is 16.2. The standard InChI is InChI=1S/C21H30O6/c1-3-8-20(24)26-14-17(15-27-21(25)9-4-2)18(12-13-19(22)23)16-10-6-5-7-11-16/h5-7,10-11,17-18H,3-4,8-9,12-15H2,1-2H3,(H,22,23). The highest BCUT2D eigenvalue weighted by Crippen LogP contribution is 2.30. The van der Waals surface area contributed by atoms with Gasteiger partial charge in [0.05, 0.1) is 13.2 Å². The molecule has 0 fully saturated rings. The lowest BCUT2D eigenvalue weighted by atomic mass is 9.83. The minimum atomic E-state index is -0.888. The molecule has 1 N–H and O–H groups in total. The normalized spacial score (nSPS) is 11.8. The van der Waals surface area contributed by atoms with E-state index in [-0.39, 0.29) is 43.4 Å². The first-order valence-electron chi connectivity index (χ1n) is 9.55. The van der Waals surface area contributed by atoms with Crippen LogP contribution in [0.1, 0.15) is 63.9 Å². The summed E-state index contributed by atoms with van der Waals surface area (Å²) in [7, 11) is 0. The van der Waals surface area contributed by atoms with Gasteiger partial charge >= 0.3 is 17.9 Å². The number of carbonyl (C=O) groups is 3. The van der Waals surface area contributed by atoms with Crippen molar-refractivity contribution in [1.29, 1.82) is 0 Å². The van der Waals surface area contributed by atoms with Crippen molar-refractivity contribution in [2.75, 3.05) is 13.2 Å². The average molecular weight is 378 g/mol. The highest BCUT2D eigenvalue weighted by Gasteiger charge is 2.27. The summed E-state index contributed by atoms with van der Waals surface area (Å²) in [5.41, 5.74) is 0.946. The summed E-state index contributed by atoms with van der Waals surface area (Å²) in [6.45, 7) is 3.98. The first-order valence-corrected chi connectivity index (χ1v) is 9.55. The fourth-order valence-corrected chi connectivity index (χ4v) is 2.89. The Balaban J connectivity index is 2.93. The van der Waals surface area contributed by atoms with Gasteiger partial charge in [-0.1, -0.05) is 44.2 Å². The van der Waals surface area contributed by atoms with Crippen LogP contribution in [0.4, 0.5) is 0 Å². The van der Waals surface area contributed by atoms with Crippen molar-refractivity contribution in [2.24, 2.45) is 5.92 Å².